The van der Waals surface area contributed by atoms with E-state index in [-0.39, 0.29) is 18.4 Å². The lowest BCUT2D eigenvalue weighted by Gasteiger charge is -2.15. The number of esters is 1. The van der Waals surface area contributed by atoms with Crippen molar-refractivity contribution in [2.24, 2.45) is 5.73 Å². The summed E-state index contributed by atoms with van der Waals surface area (Å²) in [4.78, 5) is 11.0. The predicted molar refractivity (Wildman–Crippen MR) is 66.0 cm³/mol. The fraction of sp³-hybridized carbons (Fsp3) is 0.462. The standard InChI is InChI=1S/C13H19NO3/c1-9-5-4-6-10(2)13(9)17-8-11(14)7-12(15)16-3/h4-6,11H,7-8,14H2,1-3H3. The van der Waals surface area contributed by atoms with Crippen molar-refractivity contribution in [3.63, 3.8) is 0 Å². The van der Waals surface area contributed by atoms with Gasteiger partial charge in [0.1, 0.15) is 12.4 Å². The minimum Gasteiger partial charge on any atom is -0.491 e. The number of aryl methyl sites for hydroxylation is 2. The zero-order chi connectivity index (χ0) is 12.8. The monoisotopic (exact) mass is 237 g/mol. The first kappa shape index (κ1) is 13.5. The van der Waals surface area contributed by atoms with E-state index in [1.54, 1.807) is 0 Å². The molecule has 4 nitrogen and oxygen atoms in total. The molecule has 0 radical (unpaired) electrons. The van der Waals surface area contributed by atoms with Gasteiger partial charge in [0.25, 0.3) is 0 Å². The summed E-state index contributed by atoms with van der Waals surface area (Å²) in [5.41, 5.74) is 7.90. The first-order valence-electron chi connectivity index (χ1n) is 5.56. The van der Waals surface area contributed by atoms with Crippen molar-refractivity contribution in [3.05, 3.63) is 29.3 Å². The first-order chi connectivity index (χ1) is 8.04. The van der Waals surface area contributed by atoms with E-state index in [4.69, 9.17) is 10.5 Å². The van der Waals surface area contributed by atoms with Crippen LogP contribution >= 0.6 is 0 Å². The van der Waals surface area contributed by atoms with Crippen LogP contribution in [-0.2, 0) is 9.53 Å². The Bertz CT molecular complexity index is 370. The number of hydrogen-bond acceptors (Lipinski definition) is 4. The van der Waals surface area contributed by atoms with Crippen molar-refractivity contribution in [2.75, 3.05) is 13.7 Å². The number of carbonyl (C=O) groups is 1. The molecule has 1 aromatic carbocycles. The third kappa shape index (κ3) is 4.07. The van der Waals surface area contributed by atoms with Crippen LogP contribution in [0.1, 0.15) is 17.5 Å². The molecule has 4 heteroatoms. The van der Waals surface area contributed by atoms with Crippen molar-refractivity contribution in [2.45, 2.75) is 26.3 Å². The van der Waals surface area contributed by atoms with Gasteiger partial charge in [-0.05, 0) is 25.0 Å². The van der Waals surface area contributed by atoms with Crippen LogP contribution in [0.3, 0.4) is 0 Å². The van der Waals surface area contributed by atoms with Gasteiger partial charge in [0.05, 0.1) is 13.5 Å². The zero-order valence-electron chi connectivity index (χ0n) is 10.5. The molecule has 94 valence electrons. The molecular formula is C13H19NO3. The van der Waals surface area contributed by atoms with Crippen LogP contribution in [-0.4, -0.2) is 25.7 Å². The van der Waals surface area contributed by atoms with Gasteiger partial charge in [0.15, 0.2) is 0 Å². The second-order valence-electron chi connectivity index (χ2n) is 4.07. The molecule has 0 saturated heterocycles. The van der Waals surface area contributed by atoms with Crippen LogP contribution in [0.2, 0.25) is 0 Å². The molecule has 0 amide bonds. The minimum atomic E-state index is -0.346. The number of hydrogen-bond donors (Lipinski definition) is 1. The summed E-state index contributed by atoms with van der Waals surface area (Å²) in [6.45, 7) is 4.27. The topological polar surface area (TPSA) is 61.5 Å². The molecule has 2 N–H and O–H groups in total. The largest absolute Gasteiger partial charge is 0.491 e. The Morgan fingerprint density at radius 2 is 1.94 bits per heavy atom. The summed E-state index contributed by atoms with van der Waals surface area (Å²) in [5.74, 6) is 0.524. The predicted octanol–water partition coefficient (Wildman–Crippen LogP) is 1.57. The average Bonchev–Trinajstić information content (AvgIpc) is 2.28. The average molecular weight is 237 g/mol. The van der Waals surface area contributed by atoms with Crippen LogP contribution in [0, 0.1) is 13.8 Å². The van der Waals surface area contributed by atoms with Gasteiger partial charge in [-0.15, -0.1) is 0 Å². The molecule has 0 spiro atoms. The molecular weight excluding hydrogens is 218 g/mol. The summed E-state index contributed by atoms with van der Waals surface area (Å²) >= 11 is 0. The van der Waals surface area contributed by atoms with Gasteiger partial charge in [0, 0.05) is 6.04 Å². The molecule has 0 aliphatic heterocycles. The highest BCUT2D eigenvalue weighted by Gasteiger charge is 2.11. The number of rotatable bonds is 5. The number of methoxy groups -OCH3 is 1. The highest BCUT2D eigenvalue weighted by Crippen LogP contribution is 2.22. The molecule has 1 aromatic rings. The Labute approximate surface area is 102 Å². The van der Waals surface area contributed by atoms with Gasteiger partial charge < -0.3 is 15.2 Å². The maximum atomic E-state index is 11.0. The second kappa shape index (κ2) is 6.25. The first-order valence-corrected chi connectivity index (χ1v) is 5.56. The molecule has 1 rings (SSSR count). The second-order valence-corrected chi connectivity index (χ2v) is 4.07. The van der Waals surface area contributed by atoms with E-state index in [2.05, 4.69) is 4.74 Å². The van der Waals surface area contributed by atoms with E-state index in [0.29, 0.717) is 6.61 Å². The summed E-state index contributed by atoms with van der Waals surface area (Å²) in [7, 11) is 1.35. The third-order valence-corrected chi connectivity index (χ3v) is 2.51. The zero-order valence-corrected chi connectivity index (χ0v) is 10.5. The van der Waals surface area contributed by atoms with Gasteiger partial charge >= 0.3 is 5.97 Å². The number of nitrogens with two attached hydrogens (primary N) is 1. The molecule has 17 heavy (non-hydrogen) atoms. The Kier molecular flexibility index (Phi) is 4.97. The Hall–Kier alpha value is -1.55. The van der Waals surface area contributed by atoms with Crippen molar-refractivity contribution >= 4 is 5.97 Å². The maximum Gasteiger partial charge on any atom is 0.307 e. The number of benzene rings is 1. The van der Waals surface area contributed by atoms with Crippen molar-refractivity contribution in [3.8, 4) is 5.75 Å². The summed E-state index contributed by atoms with van der Waals surface area (Å²) < 4.78 is 10.2. The fourth-order valence-corrected chi connectivity index (χ4v) is 1.57. The quantitative estimate of drug-likeness (QED) is 0.790. The van der Waals surface area contributed by atoms with Gasteiger partial charge in [-0.2, -0.15) is 0 Å². The van der Waals surface area contributed by atoms with E-state index in [9.17, 15) is 4.79 Å². The minimum absolute atomic E-state index is 0.168. The van der Waals surface area contributed by atoms with Gasteiger partial charge in [-0.1, -0.05) is 18.2 Å². The van der Waals surface area contributed by atoms with Crippen LogP contribution in [0.4, 0.5) is 0 Å². The molecule has 0 aliphatic carbocycles. The van der Waals surface area contributed by atoms with Crippen molar-refractivity contribution in [1.29, 1.82) is 0 Å². The van der Waals surface area contributed by atoms with Crippen molar-refractivity contribution in [1.82, 2.24) is 0 Å². The van der Waals surface area contributed by atoms with E-state index < -0.39 is 0 Å². The van der Waals surface area contributed by atoms with Crippen LogP contribution in [0.25, 0.3) is 0 Å². The molecule has 0 aromatic heterocycles. The molecule has 0 bridgehead atoms. The third-order valence-electron chi connectivity index (χ3n) is 2.51. The highest BCUT2D eigenvalue weighted by atomic mass is 16.5. The van der Waals surface area contributed by atoms with Gasteiger partial charge in [-0.3, -0.25) is 4.79 Å². The van der Waals surface area contributed by atoms with Gasteiger partial charge in [-0.25, -0.2) is 0 Å². The van der Waals surface area contributed by atoms with E-state index in [1.165, 1.54) is 7.11 Å². The lowest BCUT2D eigenvalue weighted by atomic mass is 10.1. The maximum absolute atomic E-state index is 11.0. The molecule has 0 aliphatic rings. The summed E-state index contributed by atoms with van der Waals surface area (Å²) in [6, 6.07) is 5.59. The normalized spacial score (nSPS) is 12.0. The van der Waals surface area contributed by atoms with Crippen molar-refractivity contribution < 1.29 is 14.3 Å². The molecule has 0 heterocycles. The Morgan fingerprint density at radius 1 is 1.35 bits per heavy atom. The highest BCUT2D eigenvalue weighted by molar-refractivity contribution is 5.69. The van der Waals surface area contributed by atoms with E-state index in [1.807, 2.05) is 32.0 Å². The Morgan fingerprint density at radius 3 is 2.47 bits per heavy atom. The summed E-state index contributed by atoms with van der Waals surface area (Å²) in [6.07, 6.45) is 0.168. The molecule has 1 unspecified atom stereocenters. The number of para-hydroxylation sites is 1. The number of ether oxygens (including phenoxy) is 2. The van der Waals surface area contributed by atoms with Crippen LogP contribution in [0.5, 0.6) is 5.75 Å². The van der Waals surface area contributed by atoms with Gasteiger partial charge in [0.2, 0.25) is 0 Å². The van der Waals surface area contributed by atoms with Crippen LogP contribution in [0.15, 0.2) is 18.2 Å². The summed E-state index contributed by atoms with van der Waals surface area (Å²) in [5, 5.41) is 0. The lowest BCUT2D eigenvalue weighted by Crippen LogP contribution is -2.31. The van der Waals surface area contributed by atoms with E-state index in [0.717, 1.165) is 16.9 Å². The molecule has 0 saturated carbocycles. The number of carbonyl (C=O) groups excluding carboxylic acids is 1. The SMILES string of the molecule is COC(=O)CC(N)COc1c(C)cccc1C. The molecule has 0 fully saturated rings. The van der Waals surface area contributed by atoms with E-state index >= 15 is 0 Å². The Balaban J connectivity index is 2.53. The van der Waals surface area contributed by atoms with Crippen LogP contribution < -0.4 is 10.5 Å². The molecule has 1 atom stereocenters. The lowest BCUT2D eigenvalue weighted by molar-refractivity contribution is -0.141. The fourth-order valence-electron chi connectivity index (χ4n) is 1.57. The smallest absolute Gasteiger partial charge is 0.307 e.